The van der Waals surface area contributed by atoms with E-state index in [9.17, 15) is 9.59 Å². The zero-order valence-corrected chi connectivity index (χ0v) is 15.4. The van der Waals surface area contributed by atoms with E-state index in [1.807, 2.05) is 30.0 Å². The first kappa shape index (κ1) is 18.2. The second kappa shape index (κ2) is 8.17. The molecule has 6 heteroatoms. The van der Waals surface area contributed by atoms with Crippen LogP contribution in [0.4, 0.5) is 0 Å². The molecule has 0 aliphatic carbocycles. The zero-order valence-electron chi connectivity index (χ0n) is 15.4. The fourth-order valence-electron chi connectivity index (χ4n) is 3.21. The van der Waals surface area contributed by atoms with Crippen LogP contribution in [0.2, 0.25) is 0 Å². The van der Waals surface area contributed by atoms with Gasteiger partial charge in [-0.15, -0.1) is 0 Å². The minimum Gasteiger partial charge on any atom is -0.449 e. The molecule has 26 heavy (non-hydrogen) atoms. The van der Waals surface area contributed by atoms with Crippen LogP contribution in [0.1, 0.15) is 48.7 Å². The number of rotatable bonds is 4. The normalized spacial score (nSPS) is 16.0. The minimum absolute atomic E-state index is 0.107. The number of likely N-dealkylation sites (tertiary alicyclic amines) is 1. The molecule has 1 unspecified atom stereocenters. The largest absolute Gasteiger partial charge is 0.449 e. The van der Waals surface area contributed by atoms with Gasteiger partial charge in [0.05, 0.1) is 11.3 Å². The number of esters is 1. The number of hydrogen-bond acceptors (Lipinski definition) is 4. The zero-order chi connectivity index (χ0) is 18.5. The number of nitrogens with zero attached hydrogens (tertiary/aromatic N) is 3. The molecular formula is C20H25N3O3. The van der Waals surface area contributed by atoms with Gasteiger partial charge in [-0.05, 0) is 57.0 Å². The third kappa shape index (κ3) is 4.12. The van der Waals surface area contributed by atoms with Crippen molar-refractivity contribution in [2.45, 2.75) is 45.6 Å². The molecule has 1 saturated heterocycles. The molecule has 2 heterocycles. The highest BCUT2D eigenvalue weighted by atomic mass is 16.5. The van der Waals surface area contributed by atoms with Crippen molar-refractivity contribution in [3.63, 3.8) is 0 Å². The average Bonchev–Trinajstić information content (AvgIpc) is 2.91. The first-order valence-corrected chi connectivity index (χ1v) is 9.17. The molecule has 0 saturated carbocycles. The lowest BCUT2D eigenvalue weighted by atomic mass is 10.2. The van der Waals surface area contributed by atoms with Crippen molar-refractivity contribution < 1.29 is 14.3 Å². The molecule has 138 valence electrons. The van der Waals surface area contributed by atoms with Gasteiger partial charge in [0.25, 0.3) is 5.91 Å². The lowest BCUT2D eigenvalue weighted by molar-refractivity contribution is -0.139. The number of carbonyl (C=O) groups excluding carboxylic acids is 2. The first-order valence-electron chi connectivity index (χ1n) is 9.17. The molecule has 1 atom stereocenters. The van der Waals surface area contributed by atoms with Crippen LogP contribution in [-0.4, -0.2) is 45.8 Å². The number of aryl methyl sites for hydroxylation is 1. The second-order valence-corrected chi connectivity index (χ2v) is 6.72. The van der Waals surface area contributed by atoms with Crippen molar-refractivity contribution in [1.82, 2.24) is 14.7 Å². The molecule has 6 nitrogen and oxygen atoms in total. The Bertz CT molecular complexity index is 759. The van der Waals surface area contributed by atoms with Crippen LogP contribution in [0.25, 0.3) is 5.69 Å². The molecule has 0 N–H and O–H groups in total. The lowest BCUT2D eigenvalue weighted by Crippen LogP contribution is -2.40. The van der Waals surface area contributed by atoms with Crippen LogP contribution in [-0.2, 0) is 9.53 Å². The van der Waals surface area contributed by atoms with E-state index in [1.54, 1.807) is 29.9 Å². The van der Waals surface area contributed by atoms with E-state index >= 15 is 0 Å². The predicted molar refractivity (Wildman–Crippen MR) is 98.2 cm³/mol. The van der Waals surface area contributed by atoms with Crippen LogP contribution in [0.5, 0.6) is 0 Å². The van der Waals surface area contributed by atoms with Crippen LogP contribution in [0, 0.1) is 6.92 Å². The van der Waals surface area contributed by atoms with Crippen LogP contribution in [0.15, 0.2) is 36.5 Å². The molecule has 1 amide bonds. The number of hydrogen-bond donors (Lipinski definition) is 0. The van der Waals surface area contributed by atoms with Gasteiger partial charge in [0, 0.05) is 25.0 Å². The fraction of sp³-hybridized carbons (Fsp3) is 0.450. The Hall–Kier alpha value is -2.63. The summed E-state index contributed by atoms with van der Waals surface area (Å²) in [5.41, 5.74) is 2.31. The molecular weight excluding hydrogens is 330 g/mol. The number of amides is 1. The molecule has 2 aromatic rings. The molecule has 3 rings (SSSR count). The van der Waals surface area contributed by atoms with E-state index in [0.29, 0.717) is 5.56 Å². The van der Waals surface area contributed by atoms with Crippen molar-refractivity contribution in [2.24, 2.45) is 0 Å². The molecule has 0 bridgehead atoms. The van der Waals surface area contributed by atoms with E-state index in [1.165, 1.54) is 0 Å². The second-order valence-electron chi connectivity index (χ2n) is 6.72. The number of ether oxygens (including phenoxy) is 1. The summed E-state index contributed by atoms with van der Waals surface area (Å²) in [5.74, 6) is -0.589. The van der Waals surface area contributed by atoms with Gasteiger partial charge in [0.1, 0.15) is 0 Å². The highest BCUT2D eigenvalue weighted by Crippen LogP contribution is 2.15. The van der Waals surface area contributed by atoms with Crippen molar-refractivity contribution in [1.29, 1.82) is 0 Å². The van der Waals surface area contributed by atoms with Crippen LogP contribution >= 0.6 is 0 Å². The standard InChI is InChI=1S/C20H25N3O3/c1-15-11-12-21-23(15)18-9-7-17(8-10-18)20(25)26-16(2)19(24)22-13-5-3-4-6-14-22/h7-12,16H,3-6,13-14H2,1-2H3. The Morgan fingerprint density at radius 3 is 2.27 bits per heavy atom. The molecule has 1 aliphatic heterocycles. The predicted octanol–water partition coefficient (Wildman–Crippen LogP) is 3.13. The maximum absolute atomic E-state index is 12.5. The Morgan fingerprint density at radius 1 is 1.04 bits per heavy atom. The van der Waals surface area contributed by atoms with Gasteiger partial charge in [0.15, 0.2) is 6.10 Å². The first-order chi connectivity index (χ1) is 12.6. The molecule has 1 fully saturated rings. The summed E-state index contributed by atoms with van der Waals surface area (Å²) in [4.78, 5) is 26.7. The summed E-state index contributed by atoms with van der Waals surface area (Å²) in [6.45, 7) is 5.11. The summed E-state index contributed by atoms with van der Waals surface area (Å²) in [5, 5.41) is 4.24. The number of aromatic nitrogens is 2. The molecule has 0 spiro atoms. The maximum Gasteiger partial charge on any atom is 0.338 e. The number of carbonyl (C=O) groups is 2. The quantitative estimate of drug-likeness (QED) is 0.791. The maximum atomic E-state index is 12.5. The van der Waals surface area contributed by atoms with Crippen LogP contribution in [0.3, 0.4) is 0 Å². The van der Waals surface area contributed by atoms with E-state index in [-0.39, 0.29) is 5.91 Å². The van der Waals surface area contributed by atoms with Gasteiger partial charge in [0.2, 0.25) is 0 Å². The molecule has 0 radical (unpaired) electrons. The Balaban J connectivity index is 1.62. The molecule has 1 aromatic heterocycles. The van der Waals surface area contributed by atoms with E-state index < -0.39 is 12.1 Å². The Morgan fingerprint density at radius 2 is 1.69 bits per heavy atom. The number of benzene rings is 1. The van der Waals surface area contributed by atoms with Crippen molar-refractivity contribution in [2.75, 3.05) is 13.1 Å². The Labute approximate surface area is 153 Å². The lowest BCUT2D eigenvalue weighted by Gasteiger charge is -2.24. The van der Waals surface area contributed by atoms with E-state index in [4.69, 9.17) is 4.74 Å². The third-order valence-corrected chi connectivity index (χ3v) is 4.73. The van der Waals surface area contributed by atoms with Crippen LogP contribution < -0.4 is 0 Å². The van der Waals surface area contributed by atoms with Crippen molar-refractivity contribution in [3.05, 3.63) is 47.8 Å². The van der Waals surface area contributed by atoms with Gasteiger partial charge in [-0.2, -0.15) is 5.10 Å². The third-order valence-electron chi connectivity index (χ3n) is 4.73. The molecule has 1 aliphatic rings. The van der Waals surface area contributed by atoms with Gasteiger partial charge >= 0.3 is 5.97 Å². The SMILES string of the molecule is Cc1ccnn1-c1ccc(C(=O)OC(C)C(=O)N2CCCCCC2)cc1. The van der Waals surface area contributed by atoms with Gasteiger partial charge < -0.3 is 9.64 Å². The monoisotopic (exact) mass is 355 g/mol. The Kier molecular flexibility index (Phi) is 5.71. The van der Waals surface area contributed by atoms with Gasteiger partial charge in [-0.1, -0.05) is 12.8 Å². The molecule has 1 aromatic carbocycles. The summed E-state index contributed by atoms with van der Waals surface area (Å²) >= 11 is 0. The highest BCUT2D eigenvalue weighted by molar-refractivity contribution is 5.92. The van der Waals surface area contributed by atoms with Crippen molar-refractivity contribution >= 4 is 11.9 Å². The van der Waals surface area contributed by atoms with Gasteiger partial charge in [-0.3, -0.25) is 4.79 Å². The van der Waals surface area contributed by atoms with Crippen molar-refractivity contribution in [3.8, 4) is 5.69 Å². The summed E-state index contributed by atoms with van der Waals surface area (Å²) < 4.78 is 7.19. The highest BCUT2D eigenvalue weighted by Gasteiger charge is 2.24. The summed E-state index contributed by atoms with van der Waals surface area (Å²) in [6, 6.07) is 8.94. The fourth-order valence-corrected chi connectivity index (χ4v) is 3.21. The topological polar surface area (TPSA) is 64.4 Å². The minimum atomic E-state index is -0.770. The average molecular weight is 355 g/mol. The van der Waals surface area contributed by atoms with Gasteiger partial charge in [-0.25, -0.2) is 9.48 Å². The van der Waals surface area contributed by atoms with E-state index in [0.717, 1.165) is 50.2 Å². The summed E-state index contributed by atoms with van der Waals surface area (Å²) in [6.07, 6.45) is 5.29. The van der Waals surface area contributed by atoms with E-state index in [2.05, 4.69) is 5.10 Å². The summed E-state index contributed by atoms with van der Waals surface area (Å²) in [7, 11) is 0. The smallest absolute Gasteiger partial charge is 0.338 e.